The molecule has 0 spiro atoms. The highest BCUT2D eigenvalue weighted by molar-refractivity contribution is 5.80. The fourth-order valence-electron chi connectivity index (χ4n) is 2.00. The zero-order valence-corrected chi connectivity index (χ0v) is 10.7. The zero-order chi connectivity index (χ0) is 12.0. The smallest absolute Gasteiger partial charge is 0.237 e. The third-order valence-corrected chi connectivity index (χ3v) is 2.79. The van der Waals surface area contributed by atoms with Crippen LogP contribution in [0.2, 0.25) is 0 Å². The fourth-order valence-corrected chi connectivity index (χ4v) is 2.00. The molecule has 0 aliphatic carbocycles. The van der Waals surface area contributed by atoms with Crippen molar-refractivity contribution in [3.05, 3.63) is 0 Å². The maximum Gasteiger partial charge on any atom is 0.237 e. The molecule has 4 heteroatoms. The van der Waals surface area contributed by atoms with Crippen LogP contribution in [0.25, 0.3) is 0 Å². The van der Waals surface area contributed by atoms with Crippen LogP contribution in [0.3, 0.4) is 0 Å². The number of carbonyl (C=O) groups is 1. The van der Waals surface area contributed by atoms with Crippen molar-refractivity contribution in [2.45, 2.75) is 39.8 Å². The van der Waals surface area contributed by atoms with Crippen LogP contribution in [-0.4, -0.2) is 43.3 Å². The Labute approximate surface area is 98.3 Å². The second-order valence-electron chi connectivity index (χ2n) is 4.62. The molecule has 0 aromatic carbocycles. The van der Waals surface area contributed by atoms with Crippen LogP contribution in [0, 0.1) is 5.92 Å². The Hall–Kier alpha value is -0.610. The van der Waals surface area contributed by atoms with Gasteiger partial charge in [0, 0.05) is 19.8 Å². The Balaban J connectivity index is 2.25. The molecule has 0 saturated carbocycles. The number of hydrogen-bond donors (Lipinski definition) is 1. The molecule has 0 radical (unpaired) electrons. The molecular weight excluding hydrogens is 204 g/mol. The maximum absolute atomic E-state index is 11.6. The molecule has 1 heterocycles. The number of hydrogen-bond acceptors (Lipinski definition) is 3. The largest absolute Gasteiger partial charge is 0.381 e. The Kier molecular flexibility index (Phi) is 5.77. The van der Waals surface area contributed by atoms with Gasteiger partial charge < -0.3 is 9.64 Å². The van der Waals surface area contributed by atoms with Crippen molar-refractivity contribution in [2.75, 3.05) is 26.3 Å². The number of rotatable bonds is 7. The van der Waals surface area contributed by atoms with E-state index < -0.39 is 0 Å². The summed E-state index contributed by atoms with van der Waals surface area (Å²) in [6, 6.07) is 0. The van der Waals surface area contributed by atoms with E-state index in [0.717, 1.165) is 32.6 Å². The first-order valence-electron chi connectivity index (χ1n) is 6.27. The first kappa shape index (κ1) is 13.5. The lowest BCUT2D eigenvalue weighted by Gasteiger charge is -2.27. The van der Waals surface area contributed by atoms with Gasteiger partial charge in [-0.1, -0.05) is 20.8 Å². The van der Waals surface area contributed by atoms with Gasteiger partial charge in [0.1, 0.15) is 0 Å². The third kappa shape index (κ3) is 3.76. The quantitative estimate of drug-likeness (QED) is 0.666. The van der Waals surface area contributed by atoms with Crippen molar-refractivity contribution in [1.29, 1.82) is 0 Å². The van der Waals surface area contributed by atoms with Gasteiger partial charge in [-0.05, 0) is 18.8 Å². The minimum atomic E-state index is 0.207. The SMILES string of the molecule is CCCOCCCN1C(=O)CNC1C(C)C. The molecule has 1 amide bonds. The summed E-state index contributed by atoms with van der Waals surface area (Å²) in [5.41, 5.74) is 0. The monoisotopic (exact) mass is 228 g/mol. The van der Waals surface area contributed by atoms with Crippen molar-refractivity contribution >= 4 is 5.91 Å². The Morgan fingerprint density at radius 1 is 1.50 bits per heavy atom. The second-order valence-corrected chi connectivity index (χ2v) is 4.62. The summed E-state index contributed by atoms with van der Waals surface area (Å²) in [4.78, 5) is 13.6. The molecule has 1 unspecified atom stereocenters. The van der Waals surface area contributed by atoms with E-state index in [1.807, 2.05) is 4.90 Å². The van der Waals surface area contributed by atoms with Gasteiger partial charge in [-0.25, -0.2) is 0 Å². The van der Waals surface area contributed by atoms with Crippen molar-refractivity contribution in [3.8, 4) is 0 Å². The van der Waals surface area contributed by atoms with Gasteiger partial charge in [-0.3, -0.25) is 10.1 Å². The van der Waals surface area contributed by atoms with Gasteiger partial charge in [0.15, 0.2) is 0 Å². The number of ether oxygens (including phenoxy) is 1. The normalized spacial score (nSPS) is 21.1. The number of carbonyl (C=O) groups excluding carboxylic acids is 1. The Morgan fingerprint density at radius 3 is 2.88 bits per heavy atom. The van der Waals surface area contributed by atoms with E-state index in [9.17, 15) is 4.79 Å². The summed E-state index contributed by atoms with van der Waals surface area (Å²) in [6.07, 6.45) is 2.19. The molecule has 1 saturated heterocycles. The standard InChI is InChI=1S/C12H24N2O2/c1-4-7-16-8-5-6-14-11(15)9-13-12(14)10(2)3/h10,12-13H,4-9H2,1-3H3. The molecule has 1 aliphatic heterocycles. The Bertz CT molecular complexity index is 219. The second kappa shape index (κ2) is 6.86. The molecule has 1 atom stereocenters. The van der Waals surface area contributed by atoms with Gasteiger partial charge in [0.2, 0.25) is 5.91 Å². The van der Waals surface area contributed by atoms with Crippen LogP contribution in [-0.2, 0) is 9.53 Å². The van der Waals surface area contributed by atoms with Crippen molar-refractivity contribution in [2.24, 2.45) is 5.92 Å². The van der Waals surface area contributed by atoms with E-state index in [1.165, 1.54) is 0 Å². The minimum absolute atomic E-state index is 0.207. The lowest BCUT2D eigenvalue weighted by atomic mass is 10.1. The van der Waals surface area contributed by atoms with Gasteiger partial charge in [0.05, 0.1) is 12.7 Å². The zero-order valence-electron chi connectivity index (χ0n) is 10.7. The third-order valence-electron chi connectivity index (χ3n) is 2.79. The summed E-state index contributed by atoms with van der Waals surface area (Å²) in [6.45, 7) is 9.23. The molecule has 0 bridgehead atoms. The van der Waals surface area contributed by atoms with E-state index in [2.05, 4.69) is 26.1 Å². The van der Waals surface area contributed by atoms with Gasteiger partial charge in [-0.15, -0.1) is 0 Å². The molecule has 1 aliphatic rings. The predicted molar refractivity (Wildman–Crippen MR) is 64.1 cm³/mol. The van der Waals surface area contributed by atoms with Crippen LogP contribution in [0.5, 0.6) is 0 Å². The highest BCUT2D eigenvalue weighted by Gasteiger charge is 2.31. The molecule has 1 N–H and O–H groups in total. The molecule has 1 rings (SSSR count). The lowest BCUT2D eigenvalue weighted by Crippen LogP contribution is -2.42. The summed E-state index contributed by atoms with van der Waals surface area (Å²) >= 11 is 0. The lowest BCUT2D eigenvalue weighted by molar-refractivity contribution is -0.128. The first-order valence-corrected chi connectivity index (χ1v) is 6.27. The number of amides is 1. The van der Waals surface area contributed by atoms with E-state index in [4.69, 9.17) is 4.74 Å². The number of nitrogens with zero attached hydrogens (tertiary/aromatic N) is 1. The first-order chi connectivity index (χ1) is 7.66. The van der Waals surface area contributed by atoms with E-state index >= 15 is 0 Å². The maximum atomic E-state index is 11.6. The molecular formula is C12H24N2O2. The van der Waals surface area contributed by atoms with Crippen molar-refractivity contribution in [1.82, 2.24) is 10.2 Å². The van der Waals surface area contributed by atoms with Crippen molar-refractivity contribution in [3.63, 3.8) is 0 Å². The number of nitrogens with one attached hydrogen (secondary N) is 1. The highest BCUT2D eigenvalue weighted by atomic mass is 16.5. The fraction of sp³-hybridized carbons (Fsp3) is 0.917. The van der Waals surface area contributed by atoms with E-state index in [-0.39, 0.29) is 12.1 Å². The molecule has 0 aromatic rings. The average Bonchev–Trinajstić information content (AvgIpc) is 2.60. The Morgan fingerprint density at radius 2 is 2.25 bits per heavy atom. The van der Waals surface area contributed by atoms with Crippen LogP contribution in [0.15, 0.2) is 0 Å². The van der Waals surface area contributed by atoms with Crippen LogP contribution < -0.4 is 5.32 Å². The van der Waals surface area contributed by atoms with Gasteiger partial charge in [-0.2, -0.15) is 0 Å². The van der Waals surface area contributed by atoms with E-state index in [1.54, 1.807) is 0 Å². The summed E-state index contributed by atoms with van der Waals surface area (Å²) in [7, 11) is 0. The predicted octanol–water partition coefficient (Wildman–Crippen LogP) is 1.22. The molecule has 16 heavy (non-hydrogen) atoms. The highest BCUT2D eigenvalue weighted by Crippen LogP contribution is 2.13. The average molecular weight is 228 g/mol. The molecule has 1 fully saturated rings. The van der Waals surface area contributed by atoms with Crippen LogP contribution >= 0.6 is 0 Å². The van der Waals surface area contributed by atoms with Crippen LogP contribution in [0.1, 0.15) is 33.6 Å². The van der Waals surface area contributed by atoms with Gasteiger partial charge in [0.25, 0.3) is 0 Å². The topological polar surface area (TPSA) is 41.6 Å². The molecule has 4 nitrogen and oxygen atoms in total. The van der Waals surface area contributed by atoms with Crippen molar-refractivity contribution < 1.29 is 9.53 Å². The van der Waals surface area contributed by atoms with Crippen LogP contribution in [0.4, 0.5) is 0 Å². The molecule has 94 valence electrons. The summed E-state index contributed by atoms with van der Waals surface area (Å²) in [5.74, 6) is 0.678. The van der Waals surface area contributed by atoms with E-state index in [0.29, 0.717) is 12.5 Å². The minimum Gasteiger partial charge on any atom is -0.381 e. The molecule has 0 aromatic heterocycles. The summed E-state index contributed by atoms with van der Waals surface area (Å²) in [5, 5.41) is 3.24. The van der Waals surface area contributed by atoms with Gasteiger partial charge >= 0.3 is 0 Å². The summed E-state index contributed by atoms with van der Waals surface area (Å²) < 4.78 is 5.42.